The Morgan fingerprint density at radius 1 is 1.22 bits per heavy atom. The smallest absolute Gasteiger partial charge is 0.193 e. The van der Waals surface area contributed by atoms with Crippen LogP contribution in [0.3, 0.4) is 0 Å². The van der Waals surface area contributed by atoms with Gasteiger partial charge in [0.25, 0.3) is 0 Å². The maximum atomic E-state index is 5.64. The van der Waals surface area contributed by atoms with Crippen LogP contribution in [0, 0.1) is 5.92 Å². The summed E-state index contributed by atoms with van der Waals surface area (Å²) in [6, 6.07) is 6.20. The quantitative estimate of drug-likeness (QED) is 0.686. The van der Waals surface area contributed by atoms with Crippen LogP contribution in [0.4, 0.5) is 0 Å². The zero-order chi connectivity index (χ0) is 16.1. The first-order chi connectivity index (χ1) is 11.3. The monoisotopic (exact) mass is 317 g/mol. The van der Waals surface area contributed by atoms with Gasteiger partial charge in [-0.2, -0.15) is 0 Å². The van der Waals surface area contributed by atoms with Crippen molar-refractivity contribution in [3.63, 3.8) is 0 Å². The summed E-state index contributed by atoms with van der Waals surface area (Å²) < 4.78 is 11.2. The Morgan fingerprint density at radius 2 is 1.96 bits per heavy atom. The Balaban J connectivity index is 1.50. The standard InChI is InChI=1S/C18H27N3O2/c1-14-6-9-21(10-7-14)18(19-2)20-8-5-15-3-4-16-17(13-15)23-12-11-22-16/h3-4,13-14H,5-12H2,1-2H3,(H,19,20). The van der Waals surface area contributed by atoms with Crippen LogP contribution in [0.25, 0.3) is 0 Å². The molecule has 0 spiro atoms. The molecule has 1 aromatic carbocycles. The van der Waals surface area contributed by atoms with Crippen LogP contribution < -0.4 is 14.8 Å². The summed E-state index contributed by atoms with van der Waals surface area (Å²) in [5, 5.41) is 3.49. The Morgan fingerprint density at radius 3 is 2.70 bits per heavy atom. The molecule has 2 aliphatic rings. The lowest BCUT2D eigenvalue weighted by Crippen LogP contribution is -2.45. The van der Waals surface area contributed by atoms with E-state index in [-0.39, 0.29) is 0 Å². The van der Waals surface area contributed by atoms with Gasteiger partial charge in [-0.25, -0.2) is 0 Å². The fourth-order valence-electron chi connectivity index (χ4n) is 3.11. The lowest BCUT2D eigenvalue weighted by Gasteiger charge is -2.32. The minimum Gasteiger partial charge on any atom is -0.486 e. The van der Waals surface area contributed by atoms with Gasteiger partial charge in [-0.05, 0) is 42.9 Å². The van der Waals surface area contributed by atoms with Gasteiger partial charge in [0, 0.05) is 26.7 Å². The number of likely N-dealkylation sites (tertiary alicyclic amines) is 1. The van der Waals surface area contributed by atoms with E-state index in [0.29, 0.717) is 13.2 Å². The number of hydrogen-bond donors (Lipinski definition) is 1. The third-order valence-corrected chi connectivity index (χ3v) is 4.60. The molecule has 0 saturated carbocycles. The van der Waals surface area contributed by atoms with Crippen LogP contribution in [0.1, 0.15) is 25.3 Å². The zero-order valence-electron chi connectivity index (χ0n) is 14.2. The normalized spacial score (nSPS) is 18.9. The van der Waals surface area contributed by atoms with E-state index in [1.165, 1.54) is 18.4 Å². The first-order valence-corrected chi connectivity index (χ1v) is 8.60. The summed E-state index contributed by atoms with van der Waals surface area (Å²) in [5.41, 5.74) is 1.25. The van der Waals surface area contributed by atoms with Gasteiger partial charge in [-0.1, -0.05) is 13.0 Å². The average molecular weight is 317 g/mol. The molecular weight excluding hydrogens is 290 g/mol. The number of nitrogens with zero attached hydrogens (tertiary/aromatic N) is 2. The fourth-order valence-corrected chi connectivity index (χ4v) is 3.11. The minimum atomic E-state index is 0.634. The van der Waals surface area contributed by atoms with Crippen molar-refractivity contribution in [3.8, 4) is 11.5 Å². The van der Waals surface area contributed by atoms with Crippen molar-refractivity contribution in [2.75, 3.05) is 39.9 Å². The minimum absolute atomic E-state index is 0.634. The van der Waals surface area contributed by atoms with Crippen molar-refractivity contribution in [3.05, 3.63) is 23.8 Å². The molecule has 0 radical (unpaired) electrons. The second-order valence-corrected chi connectivity index (χ2v) is 6.37. The van der Waals surface area contributed by atoms with E-state index in [0.717, 1.165) is 49.4 Å². The maximum absolute atomic E-state index is 5.64. The van der Waals surface area contributed by atoms with E-state index in [2.05, 4.69) is 34.3 Å². The Labute approximate surface area is 138 Å². The van der Waals surface area contributed by atoms with Gasteiger partial charge >= 0.3 is 0 Å². The first kappa shape index (κ1) is 16.0. The Bertz CT molecular complexity index is 551. The van der Waals surface area contributed by atoms with Crippen molar-refractivity contribution in [1.29, 1.82) is 0 Å². The Hall–Kier alpha value is -1.91. The van der Waals surface area contributed by atoms with E-state index in [1.54, 1.807) is 0 Å². The number of piperidine rings is 1. The molecule has 1 saturated heterocycles. The molecule has 5 nitrogen and oxygen atoms in total. The van der Waals surface area contributed by atoms with Crippen molar-refractivity contribution in [2.45, 2.75) is 26.2 Å². The van der Waals surface area contributed by atoms with Crippen molar-refractivity contribution >= 4 is 5.96 Å². The molecule has 0 bridgehead atoms. The third kappa shape index (κ3) is 4.09. The van der Waals surface area contributed by atoms with Crippen LogP contribution >= 0.6 is 0 Å². The zero-order valence-corrected chi connectivity index (χ0v) is 14.2. The largest absolute Gasteiger partial charge is 0.486 e. The molecule has 23 heavy (non-hydrogen) atoms. The summed E-state index contributed by atoms with van der Waals surface area (Å²) in [7, 11) is 1.87. The average Bonchev–Trinajstić information content (AvgIpc) is 2.60. The molecule has 0 amide bonds. The van der Waals surface area contributed by atoms with Crippen molar-refractivity contribution < 1.29 is 9.47 Å². The third-order valence-electron chi connectivity index (χ3n) is 4.60. The van der Waals surface area contributed by atoms with Crippen molar-refractivity contribution in [2.24, 2.45) is 10.9 Å². The topological polar surface area (TPSA) is 46.1 Å². The van der Waals surface area contributed by atoms with Crippen molar-refractivity contribution in [1.82, 2.24) is 10.2 Å². The summed E-state index contributed by atoms with van der Waals surface area (Å²) >= 11 is 0. The molecular formula is C18H27N3O2. The summed E-state index contributed by atoms with van der Waals surface area (Å²) in [6.45, 7) is 6.68. The van der Waals surface area contributed by atoms with Gasteiger partial charge in [0.2, 0.25) is 0 Å². The molecule has 5 heteroatoms. The highest BCUT2D eigenvalue weighted by Gasteiger charge is 2.18. The molecule has 1 N–H and O–H groups in total. The second kappa shape index (κ2) is 7.57. The van der Waals surface area contributed by atoms with Gasteiger partial charge < -0.3 is 19.7 Å². The molecule has 0 atom stereocenters. The SMILES string of the molecule is CN=C(NCCc1ccc2c(c1)OCCO2)N1CCC(C)CC1. The predicted octanol–water partition coefficient (Wildman–Crippen LogP) is 2.31. The molecule has 3 rings (SSSR count). The number of benzene rings is 1. The van der Waals surface area contributed by atoms with Crippen LogP contribution in [0.15, 0.2) is 23.2 Å². The van der Waals surface area contributed by atoms with Gasteiger partial charge in [0.05, 0.1) is 0 Å². The predicted molar refractivity (Wildman–Crippen MR) is 92.5 cm³/mol. The number of rotatable bonds is 3. The summed E-state index contributed by atoms with van der Waals surface area (Å²) in [4.78, 5) is 6.79. The van der Waals surface area contributed by atoms with E-state index >= 15 is 0 Å². The van der Waals surface area contributed by atoms with E-state index < -0.39 is 0 Å². The molecule has 0 unspecified atom stereocenters. The van der Waals surface area contributed by atoms with Gasteiger partial charge in [0.1, 0.15) is 13.2 Å². The molecule has 1 aromatic rings. The van der Waals surface area contributed by atoms with Gasteiger partial charge in [-0.15, -0.1) is 0 Å². The molecule has 0 aliphatic carbocycles. The first-order valence-electron chi connectivity index (χ1n) is 8.60. The highest BCUT2D eigenvalue weighted by molar-refractivity contribution is 5.79. The number of guanidine groups is 1. The van der Waals surface area contributed by atoms with Crippen LogP contribution in [0.2, 0.25) is 0 Å². The number of ether oxygens (including phenoxy) is 2. The van der Waals surface area contributed by atoms with Gasteiger partial charge in [-0.3, -0.25) is 4.99 Å². The molecule has 2 heterocycles. The highest BCUT2D eigenvalue weighted by Crippen LogP contribution is 2.30. The lowest BCUT2D eigenvalue weighted by molar-refractivity contribution is 0.171. The highest BCUT2D eigenvalue weighted by atomic mass is 16.6. The number of fused-ring (bicyclic) bond motifs is 1. The number of nitrogens with one attached hydrogen (secondary N) is 1. The fraction of sp³-hybridized carbons (Fsp3) is 0.611. The molecule has 1 fully saturated rings. The van der Waals surface area contributed by atoms with E-state index in [1.807, 2.05) is 13.1 Å². The van der Waals surface area contributed by atoms with Crippen LogP contribution in [-0.2, 0) is 6.42 Å². The number of hydrogen-bond acceptors (Lipinski definition) is 3. The summed E-state index contributed by atoms with van der Waals surface area (Å²) in [6.07, 6.45) is 3.45. The van der Waals surface area contributed by atoms with E-state index in [4.69, 9.17) is 9.47 Å². The second-order valence-electron chi connectivity index (χ2n) is 6.37. The molecule has 0 aromatic heterocycles. The van der Waals surface area contributed by atoms with Crippen LogP contribution in [-0.4, -0.2) is 50.8 Å². The number of aliphatic imine (C=N–C) groups is 1. The molecule has 2 aliphatic heterocycles. The van der Waals surface area contributed by atoms with Gasteiger partial charge in [0.15, 0.2) is 17.5 Å². The molecule has 126 valence electrons. The maximum Gasteiger partial charge on any atom is 0.193 e. The van der Waals surface area contributed by atoms with E-state index in [9.17, 15) is 0 Å². The summed E-state index contributed by atoms with van der Waals surface area (Å²) in [5.74, 6) is 3.57. The van der Waals surface area contributed by atoms with Crippen LogP contribution in [0.5, 0.6) is 11.5 Å². The Kier molecular flexibility index (Phi) is 5.26. The lowest BCUT2D eigenvalue weighted by atomic mass is 9.99.